The molecule has 0 bridgehead atoms. The molecule has 2 nitrogen and oxygen atoms in total. The third-order valence-electron chi connectivity index (χ3n) is 3.57. The van der Waals surface area contributed by atoms with Crippen molar-refractivity contribution in [3.63, 3.8) is 0 Å². The van der Waals surface area contributed by atoms with Crippen molar-refractivity contribution in [3.8, 4) is 0 Å². The van der Waals surface area contributed by atoms with Crippen LogP contribution >= 0.6 is 0 Å². The van der Waals surface area contributed by atoms with Crippen LogP contribution in [0.1, 0.15) is 51.0 Å². The minimum atomic E-state index is 0.854. The van der Waals surface area contributed by atoms with E-state index in [2.05, 4.69) is 24.2 Å². The maximum absolute atomic E-state index is 9.14. The predicted octanol–water partition coefficient (Wildman–Crippen LogP) is 4.64. The van der Waals surface area contributed by atoms with Gasteiger partial charge in [-0.25, -0.2) is 0 Å². The van der Waals surface area contributed by atoms with Crippen LogP contribution in [0.25, 0.3) is 5.57 Å². The molecule has 0 spiro atoms. The molecule has 0 heterocycles. The van der Waals surface area contributed by atoms with E-state index in [0.717, 1.165) is 25.0 Å². The van der Waals surface area contributed by atoms with E-state index in [0.29, 0.717) is 0 Å². The van der Waals surface area contributed by atoms with Crippen molar-refractivity contribution in [2.45, 2.75) is 45.4 Å². The van der Waals surface area contributed by atoms with E-state index in [9.17, 15) is 0 Å². The van der Waals surface area contributed by atoms with Gasteiger partial charge in [0.2, 0.25) is 0 Å². The summed E-state index contributed by atoms with van der Waals surface area (Å²) in [7, 11) is 0. The number of unbranched alkanes of at least 4 members (excludes halogenated alkanes) is 2. The van der Waals surface area contributed by atoms with Crippen LogP contribution in [0.15, 0.2) is 41.1 Å². The standard InChI is InChI=1S/C16H21NO/c1-2-3-5-8-14-11-12-15(17-18)16(14)13-9-6-4-7-10-13/h4,6-7,9-10,18H,2-3,5,8,11-12H2,1H3/b17-15+. The summed E-state index contributed by atoms with van der Waals surface area (Å²) in [6.07, 6.45) is 6.82. The van der Waals surface area contributed by atoms with Crippen LogP contribution in [-0.2, 0) is 0 Å². The Morgan fingerprint density at radius 1 is 1.11 bits per heavy atom. The Morgan fingerprint density at radius 2 is 1.89 bits per heavy atom. The van der Waals surface area contributed by atoms with E-state index >= 15 is 0 Å². The van der Waals surface area contributed by atoms with Gasteiger partial charge in [-0.1, -0.05) is 60.8 Å². The van der Waals surface area contributed by atoms with Gasteiger partial charge in [-0.05, 0) is 31.2 Å². The minimum Gasteiger partial charge on any atom is -0.411 e. The quantitative estimate of drug-likeness (QED) is 0.456. The van der Waals surface area contributed by atoms with Gasteiger partial charge < -0.3 is 5.21 Å². The van der Waals surface area contributed by atoms with Crippen LogP contribution in [-0.4, -0.2) is 10.9 Å². The molecule has 0 saturated heterocycles. The molecule has 18 heavy (non-hydrogen) atoms. The highest BCUT2D eigenvalue weighted by Crippen LogP contribution is 2.34. The van der Waals surface area contributed by atoms with Gasteiger partial charge in [-0.3, -0.25) is 0 Å². The Morgan fingerprint density at radius 3 is 2.56 bits per heavy atom. The minimum absolute atomic E-state index is 0.854. The average molecular weight is 243 g/mol. The van der Waals surface area contributed by atoms with Gasteiger partial charge in [-0.2, -0.15) is 0 Å². The highest BCUT2D eigenvalue weighted by atomic mass is 16.4. The molecule has 0 atom stereocenters. The van der Waals surface area contributed by atoms with E-state index in [1.165, 1.54) is 36.0 Å². The van der Waals surface area contributed by atoms with Crippen LogP contribution in [0.3, 0.4) is 0 Å². The summed E-state index contributed by atoms with van der Waals surface area (Å²) >= 11 is 0. The summed E-state index contributed by atoms with van der Waals surface area (Å²) in [5, 5.41) is 12.6. The maximum atomic E-state index is 9.14. The molecule has 2 rings (SSSR count). The third-order valence-corrected chi connectivity index (χ3v) is 3.57. The molecule has 0 unspecified atom stereocenters. The monoisotopic (exact) mass is 243 g/mol. The Balaban J connectivity index is 2.26. The predicted molar refractivity (Wildman–Crippen MR) is 76.0 cm³/mol. The molecule has 1 aliphatic rings. The van der Waals surface area contributed by atoms with Crippen LogP contribution in [0.5, 0.6) is 0 Å². The second kappa shape index (κ2) is 6.39. The summed E-state index contributed by atoms with van der Waals surface area (Å²) < 4.78 is 0. The van der Waals surface area contributed by atoms with Crippen LogP contribution in [0.2, 0.25) is 0 Å². The first-order valence-electron chi connectivity index (χ1n) is 6.85. The lowest BCUT2D eigenvalue weighted by Crippen LogP contribution is -1.97. The second-order valence-corrected chi connectivity index (χ2v) is 4.85. The zero-order valence-electron chi connectivity index (χ0n) is 11.0. The van der Waals surface area contributed by atoms with Crippen molar-refractivity contribution in [1.29, 1.82) is 0 Å². The molecule has 0 saturated carbocycles. The summed E-state index contributed by atoms with van der Waals surface area (Å²) in [6, 6.07) is 10.3. The van der Waals surface area contributed by atoms with Crippen molar-refractivity contribution in [2.75, 3.05) is 0 Å². The number of rotatable bonds is 5. The Hall–Kier alpha value is -1.57. The summed E-state index contributed by atoms with van der Waals surface area (Å²) in [4.78, 5) is 0. The number of hydrogen-bond acceptors (Lipinski definition) is 2. The molecule has 96 valence electrons. The fourth-order valence-electron chi connectivity index (χ4n) is 2.64. The Bertz CT molecular complexity index is 445. The van der Waals surface area contributed by atoms with E-state index in [4.69, 9.17) is 5.21 Å². The van der Waals surface area contributed by atoms with Gasteiger partial charge in [0.05, 0.1) is 5.71 Å². The zero-order valence-corrected chi connectivity index (χ0v) is 11.0. The average Bonchev–Trinajstić information content (AvgIpc) is 2.83. The Kier molecular flexibility index (Phi) is 4.57. The molecular formula is C16H21NO. The molecule has 1 aliphatic carbocycles. The molecule has 1 aromatic carbocycles. The highest BCUT2D eigenvalue weighted by molar-refractivity contribution is 6.26. The first-order chi connectivity index (χ1) is 8.86. The summed E-state index contributed by atoms with van der Waals surface area (Å²) in [6.45, 7) is 2.22. The SMILES string of the molecule is CCCCCC1=C(c2ccccc2)/C(=N/O)CC1. The van der Waals surface area contributed by atoms with Gasteiger partial charge in [0.15, 0.2) is 0 Å². The lowest BCUT2D eigenvalue weighted by atomic mass is 9.98. The smallest absolute Gasteiger partial charge is 0.0876 e. The highest BCUT2D eigenvalue weighted by Gasteiger charge is 2.22. The third kappa shape index (κ3) is 2.81. The largest absolute Gasteiger partial charge is 0.411 e. The molecule has 2 heteroatoms. The van der Waals surface area contributed by atoms with E-state index in [1.807, 2.05) is 18.2 Å². The fraction of sp³-hybridized carbons (Fsp3) is 0.438. The normalized spacial score (nSPS) is 17.7. The molecular weight excluding hydrogens is 222 g/mol. The van der Waals surface area contributed by atoms with Gasteiger partial charge in [0.25, 0.3) is 0 Å². The first kappa shape index (κ1) is 12.9. The van der Waals surface area contributed by atoms with Crippen molar-refractivity contribution in [3.05, 3.63) is 41.5 Å². The van der Waals surface area contributed by atoms with Crippen LogP contribution in [0, 0.1) is 0 Å². The van der Waals surface area contributed by atoms with Gasteiger partial charge >= 0.3 is 0 Å². The molecule has 0 radical (unpaired) electrons. The van der Waals surface area contributed by atoms with E-state index in [1.54, 1.807) is 0 Å². The van der Waals surface area contributed by atoms with Gasteiger partial charge in [0, 0.05) is 5.57 Å². The molecule has 1 N–H and O–H groups in total. The lowest BCUT2D eigenvalue weighted by Gasteiger charge is -2.07. The first-order valence-corrected chi connectivity index (χ1v) is 6.85. The number of oxime groups is 1. The molecule has 0 fully saturated rings. The molecule has 0 aromatic heterocycles. The molecule has 1 aromatic rings. The lowest BCUT2D eigenvalue weighted by molar-refractivity contribution is 0.319. The zero-order chi connectivity index (χ0) is 12.8. The summed E-state index contributed by atoms with van der Waals surface area (Å²) in [5.41, 5.74) is 4.69. The number of nitrogens with zero attached hydrogens (tertiary/aromatic N) is 1. The number of allylic oxidation sites excluding steroid dienone is 2. The van der Waals surface area contributed by atoms with E-state index < -0.39 is 0 Å². The second-order valence-electron chi connectivity index (χ2n) is 4.85. The fourth-order valence-corrected chi connectivity index (χ4v) is 2.64. The number of benzene rings is 1. The van der Waals surface area contributed by atoms with Crippen molar-refractivity contribution in [2.24, 2.45) is 5.16 Å². The van der Waals surface area contributed by atoms with Gasteiger partial charge in [0.1, 0.15) is 0 Å². The van der Waals surface area contributed by atoms with Crippen molar-refractivity contribution < 1.29 is 5.21 Å². The van der Waals surface area contributed by atoms with E-state index in [-0.39, 0.29) is 0 Å². The summed E-state index contributed by atoms with van der Waals surface area (Å²) in [5.74, 6) is 0. The van der Waals surface area contributed by atoms with Crippen LogP contribution in [0.4, 0.5) is 0 Å². The van der Waals surface area contributed by atoms with Crippen molar-refractivity contribution in [1.82, 2.24) is 0 Å². The van der Waals surface area contributed by atoms with Crippen LogP contribution < -0.4 is 0 Å². The van der Waals surface area contributed by atoms with Gasteiger partial charge in [-0.15, -0.1) is 0 Å². The topological polar surface area (TPSA) is 32.6 Å². The Labute approximate surface area is 109 Å². The molecule has 0 amide bonds. The maximum Gasteiger partial charge on any atom is 0.0876 e. The molecule has 0 aliphatic heterocycles. The van der Waals surface area contributed by atoms with Crippen molar-refractivity contribution >= 4 is 11.3 Å². The number of hydrogen-bond donors (Lipinski definition) is 1.